The summed E-state index contributed by atoms with van der Waals surface area (Å²) in [7, 11) is -4.09. The zero-order chi connectivity index (χ0) is 21.0. The Morgan fingerprint density at radius 3 is 2.55 bits per heavy atom. The van der Waals surface area contributed by atoms with E-state index in [1.807, 2.05) is 0 Å². The number of aliphatic carboxylic acids is 1. The molecule has 1 aliphatic rings. The van der Waals surface area contributed by atoms with Crippen LogP contribution in [-0.2, 0) is 26.0 Å². The lowest BCUT2D eigenvalue weighted by Crippen LogP contribution is -2.51. The van der Waals surface area contributed by atoms with E-state index in [-0.39, 0.29) is 24.3 Å². The van der Waals surface area contributed by atoms with E-state index in [1.54, 1.807) is 30.3 Å². The van der Waals surface area contributed by atoms with E-state index in [4.69, 9.17) is 0 Å². The van der Waals surface area contributed by atoms with Crippen LogP contribution in [0.1, 0.15) is 18.4 Å². The van der Waals surface area contributed by atoms with Crippen LogP contribution in [0.2, 0.25) is 0 Å². The highest BCUT2D eigenvalue weighted by atomic mass is 32.2. The number of carboxylic acids is 1. The summed E-state index contributed by atoms with van der Waals surface area (Å²) < 4.78 is 40.2. The zero-order valence-electron chi connectivity index (χ0n) is 15.5. The Balaban J connectivity index is 1.77. The SMILES string of the molecule is O=C(O)[C@H](Cc1ccccc1)NC(=O)[C@@H]1CCCN1S(=O)(=O)c1cccc(F)c1. The van der Waals surface area contributed by atoms with Crippen LogP contribution in [0.5, 0.6) is 0 Å². The van der Waals surface area contributed by atoms with Gasteiger partial charge in [0.15, 0.2) is 0 Å². The van der Waals surface area contributed by atoms with Crippen LogP contribution < -0.4 is 5.32 Å². The van der Waals surface area contributed by atoms with Gasteiger partial charge in [-0.1, -0.05) is 36.4 Å². The van der Waals surface area contributed by atoms with Gasteiger partial charge in [0, 0.05) is 13.0 Å². The quantitative estimate of drug-likeness (QED) is 0.711. The molecule has 0 bridgehead atoms. The Labute approximate surface area is 168 Å². The normalized spacial score (nSPS) is 18.3. The molecule has 1 fully saturated rings. The number of amides is 1. The smallest absolute Gasteiger partial charge is 0.326 e. The van der Waals surface area contributed by atoms with E-state index in [1.165, 1.54) is 12.1 Å². The molecule has 3 rings (SSSR count). The number of halogens is 1. The number of carbonyl (C=O) groups is 2. The first-order valence-electron chi connectivity index (χ1n) is 9.13. The van der Waals surface area contributed by atoms with Crippen LogP contribution in [0, 0.1) is 5.82 Å². The first-order chi connectivity index (χ1) is 13.8. The lowest BCUT2D eigenvalue weighted by molar-refractivity contribution is -0.142. The number of rotatable bonds is 7. The molecule has 2 aromatic carbocycles. The van der Waals surface area contributed by atoms with Crippen LogP contribution in [0.25, 0.3) is 0 Å². The Morgan fingerprint density at radius 2 is 1.90 bits per heavy atom. The first kappa shape index (κ1) is 20.9. The molecule has 7 nitrogen and oxygen atoms in total. The van der Waals surface area contributed by atoms with Crippen molar-refractivity contribution in [2.24, 2.45) is 0 Å². The molecule has 29 heavy (non-hydrogen) atoms. The van der Waals surface area contributed by atoms with E-state index < -0.39 is 39.8 Å². The van der Waals surface area contributed by atoms with Gasteiger partial charge in [-0.15, -0.1) is 0 Å². The van der Waals surface area contributed by atoms with Crippen molar-refractivity contribution in [1.29, 1.82) is 0 Å². The molecule has 2 N–H and O–H groups in total. The third-order valence-electron chi connectivity index (χ3n) is 4.81. The van der Waals surface area contributed by atoms with Crippen molar-refractivity contribution in [2.45, 2.75) is 36.2 Å². The van der Waals surface area contributed by atoms with Gasteiger partial charge < -0.3 is 10.4 Å². The van der Waals surface area contributed by atoms with Crippen molar-refractivity contribution in [3.8, 4) is 0 Å². The van der Waals surface area contributed by atoms with Crippen LogP contribution in [0.4, 0.5) is 4.39 Å². The minimum Gasteiger partial charge on any atom is -0.480 e. The molecule has 1 heterocycles. The molecule has 2 atom stereocenters. The summed E-state index contributed by atoms with van der Waals surface area (Å²) in [4.78, 5) is 24.1. The molecular weight excluding hydrogens is 399 g/mol. The van der Waals surface area contributed by atoms with Gasteiger partial charge in [0.1, 0.15) is 17.9 Å². The van der Waals surface area contributed by atoms with E-state index in [0.29, 0.717) is 6.42 Å². The zero-order valence-corrected chi connectivity index (χ0v) is 16.3. The van der Waals surface area contributed by atoms with Crippen LogP contribution in [0.3, 0.4) is 0 Å². The predicted octanol–water partition coefficient (Wildman–Crippen LogP) is 1.79. The van der Waals surface area contributed by atoms with Crippen LogP contribution >= 0.6 is 0 Å². The van der Waals surface area contributed by atoms with E-state index in [9.17, 15) is 27.5 Å². The summed E-state index contributed by atoms with van der Waals surface area (Å²) in [5, 5.41) is 11.9. The lowest BCUT2D eigenvalue weighted by atomic mass is 10.1. The molecule has 0 aromatic heterocycles. The molecule has 0 saturated carbocycles. The number of nitrogens with zero attached hydrogens (tertiary/aromatic N) is 1. The van der Waals surface area contributed by atoms with E-state index in [2.05, 4.69) is 5.32 Å². The summed E-state index contributed by atoms with van der Waals surface area (Å²) in [6.07, 6.45) is 0.784. The molecule has 1 aliphatic heterocycles. The van der Waals surface area contributed by atoms with Gasteiger partial charge >= 0.3 is 5.97 Å². The molecular formula is C20H21FN2O5S. The van der Waals surface area contributed by atoms with Crippen molar-refractivity contribution < 1.29 is 27.5 Å². The van der Waals surface area contributed by atoms with Crippen molar-refractivity contribution in [3.63, 3.8) is 0 Å². The van der Waals surface area contributed by atoms with Gasteiger partial charge in [0.2, 0.25) is 15.9 Å². The molecule has 1 amide bonds. The average Bonchev–Trinajstić information content (AvgIpc) is 3.19. The Kier molecular flexibility index (Phi) is 6.29. The van der Waals surface area contributed by atoms with E-state index in [0.717, 1.165) is 22.0 Å². The predicted molar refractivity (Wildman–Crippen MR) is 103 cm³/mol. The molecule has 0 radical (unpaired) electrons. The third kappa shape index (κ3) is 4.80. The maximum atomic E-state index is 13.5. The standard InChI is InChI=1S/C20H21FN2O5S/c21-15-8-4-9-16(13-15)29(27,28)23-11-5-10-18(23)19(24)22-17(20(25)26)12-14-6-2-1-3-7-14/h1-4,6-9,13,17-18H,5,10-12H2,(H,22,24)(H,25,26)/t17-,18-/m0/s1. The van der Waals surface area contributed by atoms with Gasteiger partial charge in [-0.05, 0) is 36.6 Å². The second-order valence-electron chi connectivity index (χ2n) is 6.82. The number of carboxylic acid groups (broad SMARTS) is 1. The average molecular weight is 420 g/mol. The summed E-state index contributed by atoms with van der Waals surface area (Å²) in [6, 6.07) is 11.2. The largest absolute Gasteiger partial charge is 0.480 e. The fourth-order valence-corrected chi connectivity index (χ4v) is 5.06. The minimum atomic E-state index is -4.09. The molecule has 1 saturated heterocycles. The highest BCUT2D eigenvalue weighted by Gasteiger charge is 2.40. The molecule has 2 aromatic rings. The molecule has 154 valence electrons. The molecule has 0 unspecified atom stereocenters. The highest BCUT2D eigenvalue weighted by Crippen LogP contribution is 2.26. The summed E-state index contributed by atoms with van der Waals surface area (Å²) in [5.74, 6) is -2.58. The third-order valence-corrected chi connectivity index (χ3v) is 6.71. The Bertz CT molecular complexity index is 997. The van der Waals surface area contributed by atoms with Crippen molar-refractivity contribution in [2.75, 3.05) is 6.54 Å². The Morgan fingerprint density at radius 1 is 1.17 bits per heavy atom. The topological polar surface area (TPSA) is 104 Å². The minimum absolute atomic E-state index is 0.0747. The molecule has 0 aliphatic carbocycles. The monoisotopic (exact) mass is 420 g/mol. The van der Waals surface area contributed by atoms with Gasteiger partial charge in [0.25, 0.3) is 0 Å². The van der Waals surface area contributed by atoms with Gasteiger partial charge in [0.05, 0.1) is 4.90 Å². The van der Waals surface area contributed by atoms with Gasteiger partial charge in [-0.3, -0.25) is 4.79 Å². The lowest BCUT2D eigenvalue weighted by Gasteiger charge is -2.25. The first-order valence-corrected chi connectivity index (χ1v) is 10.6. The van der Waals surface area contributed by atoms with Crippen LogP contribution in [-0.4, -0.2) is 48.3 Å². The fraction of sp³-hybridized carbons (Fsp3) is 0.300. The van der Waals surface area contributed by atoms with E-state index >= 15 is 0 Å². The summed E-state index contributed by atoms with van der Waals surface area (Å²) in [5.41, 5.74) is 0.732. The van der Waals surface area contributed by atoms with Crippen molar-refractivity contribution in [1.82, 2.24) is 9.62 Å². The summed E-state index contributed by atoms with van der Waals surface area (Å²) in [6.45, 7) is 0.105. The van der Waals surface area contributed by atoms with Crippen molar-refractivity contribution in [3.05, 3.63) is 66.0 Å². The Hall–Kier alpha value is -2.78. The van der Waals surface area contributed by atoms with Gasteiger partial charge in [-0.2, -0.15) is 4.31 Å². The summed E-state index contributed by atoms with van der Waals surface area (Å²) >= 11 is 0. The number of sulfonamides is 1. The number of benzene rings is 2. The number of hydrogen-bond acceptors (Lipinski definition) is 4. The highest BCUT2D eigenvalue weighted by molar-refractivity contribution is 7.89. The molecule has 0 spiro atoms. The van der Waals surface area contributed by atoms with Crippen molar-refractivity contribution >= 4 is 21.9 Å². The number of carbonyl (C=O) groups excluding carboxylic acids is 1. The number of hydrogen-bond donors (Lipinski definition) is 2. The fourth-order valence-electron chi connectivity index (χ4n) is 3.37. The number of nitrogens with one attached hydrogen (secondary N) is 1. The second kappa shape index (κ2) is 8.71. The maximum absolute atomic E-state index is 13.5. The van der Waals surface area contributed by atoms with Gasteiger partial charge in [-0.25, -0.2) is 17.6 Å². The molecule has 9 heteroatoms. The van der Waals surface area contributed by atoms with Crippen LogP contribution in [0.15, 0.2) is 59.5 Å². The maximum Gasteiger partial charge on any atom is 0.326 e. The second-order valence-corrected chi connectivity index (χ2v) is 8.71.